The lowest BCUT2D eigenvalue weighted by atomic mass is 10.1. The van der Waals surface area contributed by atoms with Crippen LogP contribution in [0.4, 0.5) is 6.01 Å². The predicted molar refractivity (Wildman–Crippen MR) is 49.4 cm³/mol. The van der Waals surface area contributed by atoms with Crippen LogP contribution in [-0.2, 0) is 4.79 Å². The van der Waals surface area contributed by atoms with Gasteiger partial charge in [0.1, 0.15) is 0 Å². The van der Waals surface area contributed by atoms with Crippen LogP contribution in [-0.4, -0.2) is 22.0 Å². The third kappa shape index (κ3) is 1.83. The summed E-state index contributed by atoms with van der Waals surface area (Å²) in [6.45, 7) is 1.84. The molecule has 1 aromatic heterocycles. The van der Waals surface area contributed by atoms with Crippen LogP contribution in [0, 0.1) is 5.41 Å². The van der Waals surface area contributed by atoms with Gasteiger partial charge in [0.05, 0.1) is 6.20 Å². The van der Waals surface area contributed by atoms with Gasteiger partial charge in [-0.05, 0) is 12.8 Å². The van der Waals surface area contributed by atoms with E-state index in [9.17, 15) is 9.59 Å². The highest BCUT2D eigenvalue weighted by atomic mass is 16.4. The van der Waals surface area contributed by atoms with E-state index in [4.69, 9.17) is 9.52 Å². The topological polar surface area (TPSA) is 92.4 Å². The Morgan fingerprint density at radius 3 is 2.73 bits per heavy atom. The minimum Gasteiger partial charge on any atom is -0.475 e. The summed E-state index contributed by atoms with van der Waals surface area (Å²) in [6.07, 6.45) is 2.74. The van der Waals surface area contributed by atoms with E-state index in [2.05, 4.69) is 10.3 Å². The van der Waals surface area contributed by atoms with Gasteiger partial charge in [0.2, 0.25) is 11.7 Å². The van der Waals surface area contributed by atoms with Gasteiger partial charge in [-0.3, -0.25) is 10.1 Å². The van der Waals surface area contributed by atoms with Gasteiger partial charge in [-0.15, -0.1) is 0 Å². The summed E-state index contributed by atoms with van der Waals surface area (Å²) in [5, 5.41) is 11.0. The molecule has 0 saturated heterocycles. The average molecular weight is 210 g/mol. The monoisotopic (exact) mass is 210 g/mol. The molecule has 0 radical (unpaired) electrons. The summed E-state index contributed by atoms with van der Waals surface area (Å²) < 4.78 is 4.80. The lowest BCUT2D eigenvalue weighted by Gasteiger charge is -2.05. The zero-order chi connectivity index (χ0) is 11.1. The van der Waals surface area contributed by atoms with Crippen LogP contribution in [0.3, 0.4) is 0 Å². The molecule has 6 nitrogen and oxygen atoms in total. The van der Waals surface area contributed by atoms with Crippen molar-refractivity contribution in [1.82, 2.24) is 4.98 Å². The Bertz CT molecular complexity index is 420. The van der Waals surface area contributed by atoms with E-state index in [-0.39, 0.29) is 23.1 Å². The molecular weight excluding hydrogens is 200 g/mol. The van der Waals surface area contributed by atoms with Gasteiger partial charge in [0, 0.05) is 5.41 Å². The largest absolute Gasteiger partial charge is 0.475 e. The first kappa shape index (κ1) is 9.70. The van der Waals surface area contributed by atoms with E-state index in [1.807, 2.05) is 6.92 Å². The summed E-state index contributed by atoms with van der Waals surface area (Å²) in [5.74, 6) is -1.67. The van der Waals surface area contributed by atoms with Crippen molar-refractivity contribution in [2.24, 2.45) is 5.41 Å². The normalized spacial score (nSPS) is 17.1. The molecule has 1 aromatic rings. The van der Waals surface area contributed by atoms with Crippen molar-refractivity contribution >= 4 is 17.9 Å². The maximum atomic E-state index is 11.5. The number of carbonyl (C=O) groups excluding carboxylic acids is 1. The Morgan fingerprint density at radius 1 is 1.60 bits per heavy atom. The zero-order valence-electron chi connectivity index (χ0n) is 8.11. The SMILES string of the molecule is CC1(C(=O)Nc2ncc(C(=O)O)o2)CC1. The first-order valence-electron chi connectivity index (χ1n) is 4.52. The molecule has 15 heavy (non-hydrogen) atoms. The molecular formula is C9H10N2O4. The minimum atomic E-state index is -1.21. The second kappa shape index (κ2) is 3.08. The number of anilines is 1. The van der Waals surface area contributed by atoms with Gasteiger partial charge in [-0.1, -0.05) is 6.92 Å². The number of aromatic carboxylic acids is 1. The van der Waals surface area contributed by atoms with E-state index in [1.165, 1.54) is 0 Å². The summed E-state index contributed by atoms with van der Waals surface area (Å²) >= 11 is 0. The number of carbonyl (C=O) groups is 2. The fourth-order valence-corrected chi connectivity index (χ4v) is 1.09. The molecule has 1 heterocycles. The van der Waals surface area contributed by atoms with Crippen LogP contribution in [0.2, 0.25) is 0 Å². The van der Waals surface area contributed by atoms with Crippen molar-refractivity contribution < 1.29 is 19.1 Å². The number of hydrogen-bond donors (Lipinski definition) is 2. The van der Waals surface area contributed by atoms with Crippen LogP contribution in [0.1, 0.15) is 30.3 Å². The number of nitrogens with one attached hydrogen (secondary N) is 1. The summed E-state index contributed by atoms with van der Waals surface area (Å²) in [5.41, 5.74) is -0.335. The molecule has 0 bridgehead atoms. The molecule has 0 unspecified atom stereocenters. The first-order valence-corrected chi connectivity index (χ1v) is 4.52. The molecule has 0 atom stereocenters. The summed E-state index contributed by atoms with van der Waals surface area (Å²) in [7, 11) is 0. The highest BCUT2D eigenvalue weighted by molar-refractivity contribution is 5.95. The third-order valence-corrected chi connectivity index (χ3v) is 2.49. The molecule has 80 valence electrons. The maximum absolute atomic E-state index is 11.5. The van der Waals surface area contributed by atoms with Gasteiger partial charge in [0.25, 0.3) is 0 Å². The van der Waals surface area contributed by atoms with E-state index < -0.39 is 5.97 Å². The van der Waals surface area contributed by atoms with E-state index in [0.717, 1.165) is 19.0 Å². The third-order valence-electron chi connectivity index (χ3n) is 2.49. The number of aromatic nitrogens is 1. The minimum absolute atomic E-state index is 0.0643. The van der Waals surface area contributed by atoms with Crippen LogP contribution >= 0.6 is 0 Å². The number of carboxylic acid groups (broad SMARTS) is 1. The number of amides is 1. The molecule has 2 N–H and O–H groups in total. The number of carboxylic acids is 1. The zero-order valence-corrected chi connectivity index (χ0v) is 8.11. The van der Waals surface area contributed by atoms with Crippen LogP contribution < -0.4 is 5.32 Å². The molecule has 1 saturated carbocycles. The second-order valence-corrected chi connectivity index (χ2v) is 3.85. The average Bonchev–Trinajstić information content (AvgIpc) is 2.76. The predicted octanol–water partition coefficient (Wildman–Crippen LogP) is 1.11. The van der Waals surface area contributed by atoms with Gasteiger partial charge in [-0.2, -0.15) is 0 Å². The first-order chi connectivity index (χ1) is 7.01. The van der Waals surface area contributed by atoms with Crippen molar-refractivity contribution in [3.63, 3.8) is 0 Å². The van der Waals surface area contributed by atoms with Crippen LogP contribution in [0.25, 0.3) is 0 Å². The van der Waals surface area contributed by atoms with Crippen molar-refractivity contribution in [3.8, 4) is 0 Å². The molecule has 0 aliphatic heterocycles. The van der Waals surface area contributed by atoms with E-state index in [0.29, 0.717) is 0 Å². The molecule has 1 aliphatic carbocycles. The Kier molecular flexibility index (Phi) is 1.99. The van der Waals surface area contributed by atoms with E-state index in [1.54, 1.807) is 0 Å². The Labute approximate surface area is 85.3 Å². The molecule has 0 spiro atoms. The molecule has 1 fully saturated rings. The molecule has 6 heteroatoms. The van der Waals surface area contributed by atoms with Gasteiger partial charge in [0.15, 0.2) is 0 Å². The smallest absolute Gasteiger partial charge is 0.373 e. The summed E-state index contributed by atoms with van der Waals surface area (Å²) in [4.78, 5) is 25.6. The standard InChI is InChI=1S/C9H10N2O4/c1-9(2-3-9)7(14)11-8-10-4-5(15-8)6(12)13/h4H,2-3H2,1H3,(H,12,13)(H,10,11,14). The fraction of sp³-hybridized carbons (Fsp3) is 0.444. The van der Waals surface area contributed by atoms with Crippen molar-refractivity contribution in [2.75, 3.05) is 5.32 Å². The second-order valence-electron chi connectivity index (χ2n) is 3.85. The summed E-state index contributed by atoms with van der Waals surface area (Å²) in [6, 6.07) is -0.0643. The van der Waals surface area contributed by atoms with Gasteiger partial charge < -0.3 is 9.52 Å². The maximum Gasteiger partial charge on any atom is 0.373 e. The molecule has 0 aromatic carbocycles. The van der Waals surface area contributed by atoms with Crippen molar-refractivity contribution in [2.45, 2.75) is 19.8 Å². The van der Waals surface area contributed by atoms with Gasteiger partial charge in [-0.25, -0.2) is 9.78 Å². The highest BCUT2D eigenvalue weighted by Crippen LogP contribution is 2.45. The number of rotatable bonds is 3. The Balaban J connectivity index is 2.05. The Morgan fingerprint density at radius 2 is 2.27 bits per heavy atom. The Hall–Kier alpha value is -1.85. The van der Waals surface area contributed by atoms with Crippen molar-refractivity contribution in [1.29, 1.82) is 0 Å². The fourth-order valence-electron chi connectivity index (χ4n) is 1.09. The van der Waals surface area contributed by atoms with Crippen LogP contribution in [0.15, 0.2) is 10.6 Å². The van der Waals surface area contributed by atoms with Crippen molar-refractivity contribution in [3.05, 3.63) is 12.0 Å². The van der Waals surface area contributed by atoms with Gasteiger partial charge >= 0.3 is 12.0 Å². The number of oxazole rings is 1. The number of nitrogens with zero attached hydrogens (tertiary/aromatic N) is 1. The quantitative estimate of drug-likeness (QED) is 0.779. The van der Waals surface area contributed by atoms with E-state index >= 15 is 0 Å². The lowest BCUT2D eigenvalue weighted by molar-refractivity contribution is -0.120. The molecule has 2 rings (SSSR count). The van der Waals surface area contributed by atoms with Crippen LogP contribution in [0.5, 0.6) is 0 Å². The molecule has 1 amide bonds. The number of hydrogen-bond acceptors (Lipinski definition) is 4. The molecule has 1 aliphatic rings. The lowest BCUT2D eigenvalue weighted by Crippen LogP contribution is -2.21. The highest BCUT2D eigenvalue weighted by Gasteiger charge is 2.45.